The van der Waals surface area contributed by atoms with Crippen molar-refractivity contribution in [2.75, 3.05) is 47.8 Å². The topological polar surface area (TPSA) is 93.7 Å². The molecule has 0 unspecified atom stereocenters. The number of carbonyl (C=O) groups excluding carboxylic acids is 2. The van der Waals surface area contributed by atoms with Gasteiger partial charge in [0, 0.05) is 74.0 Å². The van der Waals surface area contributed by atoms with E-state index in [4.69, 9.17) is 0 Å². The molecular formula is C25H33N7O2. The van der Waals surface area contributed by atoms with Crippen molar-refractivity contribution in [3.63, 3.8) is 0 Å². The van der Waals surface area contributed by atoms with Gasteiger partial charge in [0.25, 0.3) is 0 Å². The van der Waals surface area contributed by atoms with Crippen molar-refractivity contribution in [1.29, 1.82) is 0 Å². The Labute approximate surface area is 200 Å². The van der Waals surface area contributed by atoms with Gasteiger partial charge in [0.05, 0.1) is 0 Å². The Balaban J connectivity index is 1.46. The molecule has 2 aliphatic rings. The fourth-order valence-corrected chi connectivity index (χ4v) is 4.49. The van der Waals surface area contributed by atoms with Crippen molar-refractivity contribution in [3.8, 4) is 0 Å². The molecule has 9 heteroatoms. The Morgan fingerprint density at radius 2 is 1.97 bits per heavy atom. The molecule has 1 aromatic carbocycles. The lowest BCUT2D eigenvalue weighted by atomic mass is 9.99. The van der Waals surface area contributed by atoms with Crippen molar-refractivity contribution in [2.45, 2.75) is 32.7 Å². The number of aromatic nitrogens is 2. The number of carbonyl (C=O) groups is 2. The fourth-order valence-electron chi connectivity index (χ4n) is 4.49. The van der Waals surface area contributed by atoms with Crippen LogP contribution in [0.3, 0.4) is 0 Å². The molecule has 2 N–H and O–H groups in total. The quantitative estimate of drug-likeness (QED) is 0.552. The van der Waals surface area contributed by atoms with E-state index < -0.39 is 0 Å². The fraction of sp³-hybridized carbons (Fsp3) is 0.440. The number of nitrogens with one attached hydrogen (secondary N) is 2. The molecule has 0 bridgehead atoms. The van der Waals surface area contributed by atoms with E-state index in [9.17, 15) is 9.59 Å². The highest BCUT2D eigenvalue weighted by Crippen LogP contribution is 2.26. The second-order valence-corrected chi connectivity index (χ2v) is 9.01. The van der Waals surface area contributed by atoms with Crippen molar-refractivity contribution in [1.82, 2.24) is 20.2 Å². The predicted molar refractivity (Wildman–Crippen MR) is 134 cm³/mol. The zero-order valence-electron chi connectivity index (χ0n) is 19.9. The van der Waals surface area contributed by atoms with Crippen molar-refractivity contribution in [2.24, 2.45) is 5.92 Å². The first-order valence-electron chi connectivity index (χ1n) is 11.8. The van der Waals surface area contributed by atoms with Crippen LogP contribution in [0.1, 0.15) is 25.8 Å². The molecule has 4 rings (SSSR count). The first-order valence-corrected chi connectivity index (χ1v) is 11.8. The number of benzene rings is 1. The highest BCUT2D eigenvalue weighted by Gasteiger charge is 2.26. The number of anilines is 4. The molecule has 0 aliphatic carbocycles. The Hall–Kier alpha value is -3.46. The lowest BCUT2D eigenvalue weighted by Gasteiger charge is -2.38. The largest absolute Gasteiger partial charge is 0.369 e. The van der Waals surface area contributed by atoms with E-state index in [2.05, 4.69) is 63.0 Å². The van der Waals surface area contributed by atoms with E-state index in [1.807, 2.05) is 12.1 Å². The number of hydrogen-bond acceptors (Lipinski definition) is 7. The molecule has 3 heterocycles. The van der Waals surface area contributed by atoms with Gasteiger partial charge in [-0.15, -0.1) is 0 Å². The number of piperazine rings is 1. The Morgan fingerprint density at radius 1 is 1.24 bits per heavy atom. The molecule has 2 fully saturated rings. The lowest BCUT2D eigenvalue weighted by molar-refractivity contribution is -0.122. The highest BCUT2D eigenvalue weighted by atomic mass is 16.2. The summed E-state index contributed by atoms with van der Waals surface area (Å²) in [6, 6.07) is 8.80. The molecule has 0 saturated carbocycles. The van der Waals surface area contributed by atoms with Crippen LogP contribution in [-0.2, 0) is 16.0 Å². The maximum atomic E-state index is 12.0. The normalized spacial score (nSPS) is 18.6. The summed E-state index contributed by atoms with van der Waals surface area (Å²) in [5, 5.41) is 6.07. The van der Waals surface area contributed by atoms with Crippen LogP contribution in [0.5, 0.6) is 0 Å². The Bertz CT molecular complexity index is 1010. The number of rotatable bonds is 9. The van der Waals surface area contributed by atoms with Crippen LogP contribution in [-0.4, -0.2) is 66.0 Å². The van der Waals surface area contributed by atoms with Gasteiger partial charge in [0.15, 0.2) is 0 Å². The van der Waals surface area contributed by atoms with E-state index >= 15 is 0 Å². The van der Waals surface area contributed by atoms with Crippen molar-refractivity contribution >= 4 is 35.5 Å². The minimum Gasteiger partial charge on any atom is -0.369 e. The van der Waals surface area contributed by atoms with Crippen LogP contribution < -0.4 is 20.4 Å². The van der Waals surface area contributed by atoms with Crippen molar-refractivity contribution in [3.05, 3.63) is 48.8 Å². The minimum atomic E-state index is -0.144. The average Bonchev–Trinajstić information content (AvgIpc) is 3.26. The van der Waals surface area contributed by atoms with E-state index in [0.29, 0.717) is 37.2 Å². The van der Waals surface area contributed by atoms with E-state index in [-0.39, 0.29) is 11.8 Å². The van der Waals surface area contributed by atoms with Gasteiger partial charge in [-0.2, -0.15) is 4.98 Å². The molecule has 2 saturated heterocycles. The van der Waals surface area contributed by atoms with Gasteiger partial charge in [-0.25, -0.2) is 4.98 Å². The third-order valence-corrected chi connectivity index (χ3v) is 6.56. The molecule has 1 aromatic heterocycles. The van der Waals surface area contributed by atoms with Crippen LogP contribution in [0, 0.1) is 5.92 Å². The van der Waals surface area contributed by atoms with E-state index in [0.717, 1.165) is 43.9 Å². The molecule has 1 atom stereocenters. The zero-order chi connectivity index (χ0) is 24.1. The molecule has 9 nitrogen and oxygen atoms in total. The van der Waals surface area contributed by atoms with E-state index in [1.165, 1.54) is 16.8 Å². The van der Waals surface area contributed by atoms with Gasteiger partial charge in [-0.1, -0.05) is 6.58 Å². The number of nitrogens with zero attached hydrogens (tertiary/aromatic N) is 5. The summed E-state index contributed by atoms with van der Waals surface area (Å²) < 4.78 is 0. The summed E-state index contributed by atoms with van der Waals surface area (Å²) in [5.74, 6) is 0.688. The second kappa shape index (κ2) is 10.6. The Morgan fingerprint density at radius 3 is 2.56 bits per heavy atom. The molecule has 34 heavy (non-hydrogen) atoms. The Kier molecular flexibility index (Phi) is 7.42. The first-order chi connectivity index (χ1) is 16.5. The van der Waals surface area contributed by atoms with Crippen LogP contribution in [0.15, 0.2) is 43.2 Å². The van der Waals surface area contributed by atoms with Gasteiger partial charge >= 0.3 is 0 Å². The summed E-state index contributed by atoms with van der Waals surface area (Å²) in [6.07, 6.45) is 4.97. The monoisotopic (exact) mass is 463 g/mol. The van der Waals surface area contributed by atoms with Crippen LogP contribution in [0.25, 0.3) is 0 Å². The maximum absolute atomic E-state index is 12.0. The molecule has 0 radical (unpaired) electrons. The molecule has 180 valence electrons. The SMILES string of the molecule is C=CN(C=O)c1nc(Nc2ccc(N3CCN(C(C)C)CC3)cc2)ncc1C[C@@H]1CCNC1=O. The van der Waals surface area contributed by atoms with Gasteiger partial charge in [-0.05, 0) is 51.0 Å². The first kappa shape index (κ1) is 23.7. The van der Waals surface area contributed by atoms with Crippen LogP contribution >= 0.6 is 0 Å². The summed E-state index contributed by atoms with van der Waals surface area (Å²) in [4.78, 5) is 38.8. The van der Waals surface area contributed by atoms with Gasteiger partial charge in [0.2, 0.25) is 18.3 Å². The van der Waals surface area contributed by atoms with Crippen LogP contribution in [0.4, 0.5) is 23.1 Å². The molecule has 0 spiro atoms. The molecule has 2 aliphatic heterocycles. The maximum Gasteiger partial charge on any atom is 0.229 e. The predicted octanol–water partition coefficient (Wildman–Crippen LogP) is 2.54. The van der Waals surface area contributed by atoms with Gasteiger partial charge in [0.1, 0.15) is 5.82 Å². The number of amides is 2. The van der Waals surface area contributed by atoms with E-state index in [1.54, 1.807) is 6.20 Å². The summed E-state index contributed by atoms with van der Waals surface area (Å²) >= 11 is 0. The van der Waals surface area contributed by atoms with Crippen molar-refractivity contribution < 1.29 is 9.59 Å². The smallest absolute Gasteiger partial charge is 0.229 e. The van der Waals surface area contributed by atoms with Crippen LogP contribution in [0.2, 0.25) is 0 Å². The zero-order valence-corrected chi connectivity index (χ0v) is 19.9. The highest BCUT2D eigenvalue weighted by molar-refractivity contribution is 5.82. The lowest BCUT2D eigenvalue weighted by Crippen LogP contribution is -2.48. The molecule has 2 aromatic rings. The second-order valence-electron chi connectivity index (χ2n) is 9.01. The molecule has 2 amide bonds. The summed E-state index contributed by atoms with van der Waals surface area (Å²) in [7, 11) is 0. The summed E-state index contributed by atoms with van der Waals surface area (Å²) in [6.45, 7) is 13.0. The van der Waals surface area contributed by atoms with Gasteiger partial charge in [-0.3, -0.25) is 19.4 Å². The van der Waals surface area contributed by atoms with Gasteiger partial charge < -0.3 is 15.5 Å². The number of hydrogen-bond donors (Lipinski definition) is 2. The average molecular weight is 464 g/mol. The minimum absolute atomic E-state index is 0.0233. The third-order valence-electron chi connectivity index (χ3n) is 6.56. The summed E-state index contributed by atoms with van der Waals surface area (Å²) in [5.41, 5.74) is 2.78. The standard InChI is InChI=1S/C25H33N7O2/c1-4-30(17-33)23-20(15-19-9-10-26-24(19)34)16-27-25(29-23)28-21-5-7-22(8-6-21)32-13-11-31(12-14-32)18(2)3/h4-8,16-19H,1,9-15H2,2-3H3,(H,26,34)(H,27,28,29)/t19-/m0/s1. The molecular weight excluding hydrogens is 430 g/mol. The third kappa shape index (κ3) is 5.36.